The first kappa shape index (κ1) is 15.8. The zero-order valence-electron chi connectivity index (χ0n) is 12.9. The van der Waals surface area contributed by atoms with Crippen molar-refractivity contribution < 1.29 is 9.90 Å². The molecule has 0 saturated carbocycles. The molecule has 0 spiro atoms. The number of aliphatic carboxylic acids is 1. The molecule has 0 aliphatic carbocycles. The Labute approximate surface area is 127 Å². The first-order valence-corrected chi connectivity index (χ1v) is 7.91. The Kier molecular flexibility index (Phi) is 6.05. The van der Waals surface area contributed by atoms with Crippen LogP contribution < -0.4 is 4.90 Å². The normalized spacial score (nSPS) is 15.9. The molecule has 1 aromatic carbocycles. The van der Waals surface area contributed by atoms with E-state index in [1.807, 2.05) is 0 Å². The minimum absolute atomic E-state index is 0.188. The van der Waals surface area contributed by atoms with Crippen LogP contribution in [0.25, 0.3) is 0 Å². The highest BCUT2D eigenvalue weighted by molar-refractivity contribution is 5.67. The molecule has 0 radical (unpaired) electrons. The van der Waals surface area contributed by atoms with E-state index >= 15 is 0 Å². The molecule has 2 rings (SSSR count). The highest BCUT2D eigenvalue weighted by atomic mass is 16.4. The van der Waals surface area contributed by atoms with Gasteiger partial charge in [-0.05, 0) is 45.0 Å². The molecule has 0 amide bonds. The molecule has 4 nitrogen and oxygen atoms in total. The lowest BCUT2D eigenvalue weighted by atomic mass is 10.1. The van der Waals surface area contributed by atoms with Gasteiger partial charge in [-0.3, -0.25) is 4.79 Å². The van der Waals surface area contributed by atoms with Crippen molar-refractivity contribution in [1.29, 1.82) is 0 Å². The molecule has 116 valence electrons. The van der Waals surface area contributed by atoms with Crippen molar-refractivity contribution in [1.82, 2.24) is 4.90 Å². The van der Waals surface area contributed by atoms with Gasteiger partial charge in [-0.15, -0.1) is 0 Å². The fraction of sp³-hybridized carbons (Fsp3) is 0.588. The summed E-state index contributed by atoms with van der Waals surface area (Å²) in [6.07, 6.45) is 4.12. The second-order valence-corrected chi connectivity index (χ2v) is 5.87. The number of likely N-dealkylation sites (tertiary alicyclic amines) is 1. The van der Waals surface area contributed by atoms with Gasteiger partial charge in [0, 0.05) is 25.3 Å². The summed E-state index contributed by atoms with van der Waals surface area (Å²) in [6.45, 7) is 6.93. The molecule has 4 heteroatoms. The highest BCUT2D eigenvalue weighted by Gasteiger charge is 2.13. The minimum Gasteiger partial charge on any atom is -0.481 e. The van der Waals surface area contributed by atoms with E-state index in [2.05, 4.69) is 41.0 Å². The van der Waals surface area contributed by atoms with Gasteiger partial charge in [0.2, 0.25) is 0 Å². The number of rotatable bonds is 7. The SMILES string of the molecule is Cc1ccc(N(CCC(=O)O)CCN2CCCCC2)cc1. The maximum absolute atomic E-state index is 10.9. The molecule has 1 fully saturated rings. The van der Waals surface area contributed by atoms with Gasteiger partial charge in [-0.2, -0.15) is 0 Å². The number of carbonyl (C=O) groups is 1. The van der Waals surface area contributed by atoms with Gasteiger partial charge in [0.15, 0.2) is 0 Å². The Morgan fingerprint density at radius 3 is 2.43 bits per heavy atom. The summed E-state index contributed by atoms with van der Waals surface area (Å²) in [5, 5.41) is 8.93. The molecular formula is C17H26N2O2. The van der Waals surface area contributed by atoms with E-state index in [0.29, 0.717) is 6.54 Å². The number of aryl methyl sites for hydroxylation is 1. The fourth-order valence-corrected chi connectivity index (χ4v) is 2.80. The molecule has 1 aromatic rings. The van der Waals surface area contributed by atoms with Crippen LogP contribution in [0.2, 0.25) is 0 Å². The molecule has 1 saturated heterocycles. The van der Waals surface area contributed by atoms with Crippen molar-refractivity contribution in [2.75, 3.05) is 37.6 Å². The van der Waals surface area contributed by atoms with Crippen molar-refractivity contribution >= 4 is 11.7 Å². The summed E-state index contributed by atoms with van der Waals surface area (Å²) in [7, 11) is 0. The number of benzene rings is 1. The Hall–Kier alpha value is -1.55. The maximum atomic E-state index is 10.9. The number of anilines is 1. The summed E-state index contributed by atoms with van der Waals surface area (Å²) in [6, 6.07) is 8.36. The number of carboxylic acid groups (broad SMARTS) is 1. The van der Waals surface area contributed by atoms with Crippen LogP contribution >= 0.6 is 0 Å². The van der Waals surface area contributed by atoms with Gasteiger partial charge in [0.05, 0.1) is 6.42 Å². The lowest BCUT2D eigenvalue weighted by Gasteiger charge is -2.31. The van der Waals surface area contributed by atoms with Crippen LogP contribution in [0.3, 0.4) is 0 Å². The fourth-order valence-electron chi connectivity index (χ4n) is 2.80. The first-order valence-electron chi connectivity index (χ1n) is 7.91. The molecule has 1 heterocycles. The highest BCUT2D eigenvalue weighted by Crippen LogP contribution is 2.16. The summed E-state index contributed by atoms with van der Waals surface area (Å²) >= 11 is 0. The predicted octanol–water partition coefficient (Wildman–Crippen LogP) is 2.76. The smallest absolute Gasteiger partial charge is 0.305 e. The van der Waals surface area contributed by atoms with Crippen LogP contribution in [0.1, 0.15) is 31.2 Å². The van der Waals surface area contributed by atoms with E-state index in [-0.39, 0.29) is 6.42 Å². The summed E-state index contributed by atoms with van der Waals surface area (Å²) in [5.74, 6) is -0.731. The Balaban J connectivity index is 1.93. The lowest BCUT2D eigenvalue weighted by molar-refractivity contribution is -0.136. The summed E-state index contributed by atoms with van der Waals surface area (Å²) in [5.41, 5.74) is 2.35. The van der Waals surface area contributed by atoms with E-state index in [0.717, 1.165) is 18.8 Å². The van der Waals surface area contributed by atoms with Gasteiger partial charge in [0.25, 0.3) is 0 Å². The zero-order chi connectivity index (χ0) is 15.1. The van der Waals surface area contributed by atoms with Crippen LogP contribution in [0, 0.1) is 6.92 Å². The van der Waals surface area contributed by atoms with Crippen molar-refractivity contribution in [3.8, 4) is 0 Å². The maximum Gasteiger partial charge on any atom is 0.305 e. The molecule has 0 atom stereocenters. The third-order valence-corrected chi connectivity index (χ3v) is 4.13. The Bertz CT molecular complexity index is 439. The molecule has 1 aliphatic heterocycles. The van der Waals surface area contributed by atoms with Crippen LogP contribution in [0.4, 0.5) is 5.69 Å². The van der Waals surface area contributed by atoms with Gasteiger partial charge in [0.1, 0.15) is 0 Å². The first-order chi connectivity index (χ1) is 10.1. The number of nitrogens with zero attached hydrogens (tertiary/aromatic N) is 2. The lowest BCUT2D eigenvalue weighted by Crippen LogP contribution is -2.38. The van der Waals surface area contributed by atoms with Gasteiger partial charge in [-0.1, -0.05) is 24.1 Å². The molecule has 21 heavy (non-hydrogen) atoms. The third-order valence-electron chi connectivity index (χ3n) is 4.13. The molecule has 0 aromatic heterocycles. The molecule has 1 aliphatic rings. The quantitative estimate of drug-likeness (QED) is 0.838. The van der Waals surface area contributed by atoms with E-state index in [4.69, 9.17) is 5.11 Å². The Morgan fingerprint density at radius 1 is 1.14 bits per heavy atom. The average molecular weight is 290 g/mol. The monoisotopic (exact) mass is 290 g/mol. The van der Waals surface area contributed by atoms with Crippen molar-refractivity contribution in [3.05, 3.63) is 29.8 Å². The largest absolute Gasteiger partial charge is 0.481 e. The van der Waals surface area contributed by atoms with Gasteiger partial charge >= 0.3 is 5.97 Å². The van der Waals surface area contributed by atoms with Gasteiger partial charge < -0.3 is 14.9 Å². The van der Waals surface area contributed by atoms with Crippen LogP contribution in [-0.2, 0) is 4.79 Å². The average Bonchev–Trinajstić information content (AvgIpc) is 2.49. The van der Waals surface area contributed by atoms with Crippen molar-refractivity contribution in [2.24, 2.45) is 0 Å². The minimum atomic E-state index is -0.731. The number of hydrogen-bond acceptors (Lipinski definition) is 3. The second-order valence-electron chi connectivity index (χ2n) is 5.87. The number of piperidine rings is 1. The van der Waals surface area contributed by atoms with E-state index < -0.39 is 5.97 Å². The topological polar surface area (TPSA) is 43.8 Å². The number of carboxylic acids is 1. The number of hydrogen-bond donors (Lipinski definition) is 1. The van der Waals surface area contributed by atoms with Gasteiger partial charge in [-0.25, -0.2) is 0 Å². The zero-order valence-corrected chi connectivity index (χ0v) is 12.9. The van der Waals surface area contributed by atoms with E-state index in [1.165, 1.54) is 37.9 Å². The van der Waals surface area contributed by atoms with Crippen LogP contribution in [0.5, 0.6) is 0 Å². The Morgan fingerprint density at radius 2 is 1.81 bits per heavy atom. The van der Waals surface area contributed by atoms with E-state index in [9.17, 15) is 4.79 Å². The molecule has 0 unspecified atom stereocenters. The van der Waals surface area contributed by atoms with Crippen LogP contribution in [-0.4, -0.2) is 48.7 Å². The van der Waals surface area contributed by atoms with Crippen molar-refractivity contribution in [2.45, 2.75) is 32.6 Å². The summed E-state index contributed by atoms with van der Waals surface area (Å²) in [4.78, 5) is 15.5. The standard InChI is InChI=1S/C17H26N2O2/c1-15-5-7-16(8-6-15)19(12-9-17(20)21)14-13-18-10-3-2-4-11-18/h5-8H,2-4,9-14H2,1H3,(H,20,21). The predicted molar refractivity (Wildman–Crippen MR) is 85.9 cm³/mol. The third kappa shape index (κ3) is 5.38. The summed E-state index contributed by atoms with van der Waals surface area (Å²) < 4.78 is 0. The van der Waals surface area contributed by atoms with Crippen LogP contribution in [0.15, 0.2) is 24.3 Å². The molecule has 0 bridgehead atoms. The van der Waals surface area contributed by atoms with E-state index in [1.54, 1.807) is 0 Å². The second kappa shape index (κ2) is 8.03. The molecule has 1 N–H and O–H groups in total. The molecular weight excluding hydrogens is 264 g/mol. The van der Waals surface area contributed by atoms with Crippen molar-refractivity contribution in [3.63, 3.8) is 0 Å².